The first-order chi connectivity index (χ1) is 12.9. The zero-order valence-electron chi connectivity index (χ0n) is 15.1. The second-order valence-corrected chi connectivity index (χ2v) is 6.58. The molecule has 0 aliphatic carbocycles. The summed E-state index contributed by atoms with van der Waals surface area (Å²) in [7, 11) is 0. The van der Waals surface area contributed by atoms with Gasteiger partial charge in [-0.25, -0.2) is 4.98 Å². The molecule has 0 aliphatic rings. The number of benzene rings is 1. The topological polar surface area (TPSA) is 34.2 Å². The fourth-order valence-corrected chi connectivity index (χ4v) is 3.00. The van der Waals surface area contributed by atoms with Gasteiger partial charge in [-0.05, 0) is 37.1 Å². The second-order valence-electron chi connectivity index (χ2n) is 6.58. The molecule has 0 saturated heterocycles. The Labute approximate surface area is 156 Å². The predicted molar refractivity (Wildman–Crippen MR) is 95.8 cm³/mol. The van der Waals surface area contributed by atoms with E-state index in [1.807, 2.05) is 29.8 Å². The van der Waals surface area contributed by atoms with Gasteiger partial charge in [0.1, 0.15) is 11.5 Å². The number of hydrogen-bond donors (Lipinski definition) is 0. The van der Waals surface area contributed by atoms with Crippen molar-refractivity contribution in [3.63, 3.8) is 0 Å². The average Bonchev–Trinajstić information content (AvgIpc) is 3.26. The van der Waals surface area contributed by atoms with Crippen molar-refractivity contribution in [2.24, 2.45) is 0 Å². The van der Waals surface area contributed by atoms with E-state index in [2.05, 4.69) is 9.88 Å². The molecular weight excluding hydrogens is 355 g/mol. The Morgan fingerprint density at radius 1 is 1.15 bits per heavy atom. The van der Waals surface area contributed by atoms with E-state index < -0.39 is 11.7 Å². The summed E-state index contributed by atoms with van der Waals surface area (Å²) in [5, 5.41) is 0. The summed E-state index contributed by atoms with van der Waals surface area (Å²) in [6, 6.07) is 9.30. The molecule has 0 spiro atoms. The van der Waals surface area contributed by atoms with Crippen molar-refractivity contribution in [1.82, 2.24) is 14.5 Å². The highest BCUT2D eigenvalue weighted by atomic mass is 19.4. The zero-order chi connectivity index (χ0) is 19.3. The lowest BCUT2D eigenvalue weighted by Crippen LogP contribution is -2.25. The van der Waals surface area contributed by atoms with Crippen molar-refractivity contribution >= 4 is 0 Å². The monoisotopic (exact) mass is 377 g/mol. The van der Waals surface area contributed by atoms with E-state index in [0.29, 0.717) is 18.7 Å². The van der Waals surface area contributed by atoms with E-state index in [0.717, 1.165) is 37.1 Å². The van der Waals surface area contributed by atoms with Crippen LogP contribution in [0.1, 0.15) is 29.1 Å². The van der Waals surface area contributed by atoms with Gasteiger partial charge in [-0.15, -0.1) is 0 Å². The molecule has 0 aliphatic heterocycles. The minimum Gasteiger partial charge on any atom is -0.465 e. The number of halogens is 3. The van der Waals surface area contributed by atoms with Crippen LogP contribution in [0.15, 0.2) is 59.5 Å². The van der Waals surface area contributed by atoms with E-state index in [4.69, 9.17) is 4.42 Å². The summed E-state index contributed by atoms with van der Waals surface area (Å²) in [6.45, 7) is 4.38. The van der Waals surface area contributed by atoms with Crippen LogP contribution in [-0.4, -0.2) is 21.0 Å². The molecule has 2 aromatic heterocycles. The van der Waals surface area contributed by atoms with Crippen LogP contribution in [0.2, 0.25) is 0 Å². The van der Waals surface area contributed by atoms with Gasteiger partial charge >= 0.3 is 6.18 Å². The predicted octanol–water partition coefficient (Wildman–Crippen LogP) is 4.90. The van der Waals surface area contributed by atoms with Gasteiger partial charge in [0.25, 0.3) is 0 Å². The molecule has 3 rings (SSSR count). The lowest BCUT2D eigenvalue weighted by Gasteiger charge is -2.22. The van der Waals surface area contributed by atoms with Gasteiger partial charge in [-0.1, -0.05) is 18.2 Å². The zero-order valence-corrected chi connectivity index (χ0v) is 15.1. The first-order valence-corrected chi connectivity index (χ1v) is 8.80. The summed E-state index contributed by atoms with van der Waals surface area (Å²) in [5.41, 5.74) is 0.0166. The molecule has 0 N–H and O–H groups in total. The summed E-state index contributed by atoms with van der Waals surface area (Å²) < 4.78 is 46.6. The molecule has 1 aromatic carbocycles. The average molecular weight is 377 g/mol. The van der Waals surface area contributed by atoms with Crippen LogP contribution in [0, 0.1) is 6.92 Å². The highest BCUT2D eigenvalue weighted by Crippen LogP contribution is 2.29. The molecular formula is C20H22F3N3O. The van der Waals surface area contributed by atoms with E-state index >= 15 is 0 Å². The number of rotatable bonds is 8. The van der Waals surface area contributed by atoms with Crippen molar-refractivity contribution in [1.29, 1.82) is 0 Å². The molecule has 0 amide bonds. The first-order valence-electron chi connectivity index (χ1n) is 8.80. The Morgan fingerprint density at radius 3 is 2.67 bits per heavy atom. The van der Waals surface area contributed by atoms with Gasteiger partial charge in [-0.2, -0.15) is 13.2 Å². The maximum atomic E-state index is 13.0. The molecule has 0 fully saturated rings. The van der Waals surface area contributed by atoms with Gasteiger partial charge in [0.05, 0.1) is 18.4 Å². The fourth-order valence-electron chi connectivity index (χ4n) is 3.00. The Hall–Kier alpha value is -2.54. The highest BCUT2D eigenvalue weighted by molar-refractivity contribution is 5.25. The quantitative estimate of drug-likeness (QED) is 0.560. The van der Waals surface area contributed by atoms with Gasteiger partial charge in [0, 0.05) is 32.0 Å². The number of imidazole rings is 1. The van der Waals surface area contributed by atoms with Crippen LogP contribution >= 0.6 is 0 Å². The fraction of sp³-hybridized carbons (Fsp3) is 0.350. The summed E-state index contributed by atoms with van der Waals surface area (Å²) in [4.78, 5) is 6.12. The Bertz CT molecular complexity index is 840. The molecule has 7 heteroatoms. The number of alkyl halides is 3. The summed E-state index contributed by atoms with van der Waals surface area (Å²) in [6.07, 6.45) is 1.90. The molecule has 2 heterocycles. The lowest BCUT2D eigenvalue weighted by molar-refractivity contribution is -0.137. The molecule has 144 valence electrons. The van der Waals surface area contributed by atoms with Gasteiger partial charge in [0.15, 0.2) is 0 Å². The van der Waals surface area contributed by atoms with Crippen LogP contribution in [0.4, 0.5) is 13.2 Å². The normalized spacial score (nSPS) is 12.0. The van der Waals surface area contributed by atoms with Crippen LogP contribution in [0.5, 0.6) is 0 Å². The minimum atomic E-state index is -4.33. The highest BCUT2D eigenvalue weighted by Gasteiger charge is 2.30. The minimum absolute atomic E-state index is 0.424. The number of aryl methyl sites for hydroxylation is 2. The molecule has 0 radical (unpaired) electrons. The van der Waals surface area contributed by atoms with E-state index in [9.17, 15) is 13.2 Å². The van der Waals surface area contributed by atoms with Crippen molar-refractivity contribution in [3.05, 3.63) is 77.8 Å². The maximum absolute atomic E-state index is 13.0. The van der Waals surface area contributed by atoms with Crippen molar-refractivity contribution in [2.45, 2.75) is 39.2 Å². The molecule has 4 nitrogen and oxygen atoms in total. The Morgan fingerprint density at radius 2 is 2.00 bits per heavy atom. The number of hydrogen-bond acceptors (Lipinski definition) is 3. The van der Waals surface area contributed by atoms with Gasteiger partial charge < -0.3 is 8.98 Å². The maximum Gasteiger partial charge on any atom is 0.416 e. The molecule has 27 heavy (non-hydrogen) atoms. The van der Waals surface area contributed by atoms with E-state index in [1.165, 1.54) is 12.1 Å². The summed E-state index contributed by atoms with van der Waals surface area (Å²) in [5.74, 6) is 1.63. The van der Waals surface area contributed by atoms with Crippen LogP contribution in [0.25, 0.3) is 0 Å². The SMILES string of the molecule is Cc1ccc(CN(CCCn2ccnc2)Cc2cccc(C(F)(F)F)c2)o1. The second kappa shape index (κ2) is 8.43. The lowest BCUT2D eigenvalue weighted by atomic mass is 10.1. The van der Waals surface area contributed by atoms with Crippen LogP contribution in [0.3, 0.4) is 0 Å². The van der Waals surface area contributed by atoms with Gasteiger partial charge in [0.2, 0.25) is 0 Å². The standard InChI is InChI=1S/C20H22F3N3O/c1-16-6-7-19(27-16)14-26(10-3-9-25-11-8-24-15-25)13-17-4-2-5-18(12-17)20(21,22)23/h2,4-8,11-12,15H,3,9-10,13-14H2,1H3. The molecule has 0 unspecified atom stereocenters. The van der Waals surface area contributed by atoms with Crippen LogP contribution < -0.4 is 0 Å². The largest absolute Gasteiger partial charge is 0.465 e. The van der Waals surface area contributed by atoms with E-state index in [1.54, 1.807) is 18.6 Å². The van der Waals surface area contributed by atoms with Crippen LogP contribution in [-0.2, 0) is 25.8 Å². The summed E-state index contributed by atoms with van der Waals surface area (Å²) >= 11 is 0. The number of aromatic nitrogens is 2. The third-order valence-electron chi connectivity index (χ3n) is 4.29. The van der Waals surface area contributed by atoms with E-state index in [-0.39, 0.29) is 0 Å². The molecule has 3 aromatic rings. The smallest absolute Gasteiger partial charge is 0.416 e. The number of nitrogens with zero attached hydrogens (tertiary/aromatic N) is 3. The third-order valence-corrected chi connectivity index (χ3v) is 4.29. The first kappa shape index (κ1) is 19.2. The molecule has 0 saturated carbocycles. The Balaban J connectivity index is 1.68. The van der Waals surface area contributed by atoms with Crippen molar-refractivity contribution in [3.8, 4) is 0 Å². The van der Waals surface area contributed by atoms with Crippen molar-refractivity contribution in [2.75, 3.05) is 6.54 Å². The van der Waals surface area contributed by atoms with Crippen molar-refractivity contribution < 1.29 is 17.6 Å². The Kier molecular flexibility index (Phi) is 6.01. The number of furan rings is 1. The molecule has 0 bridgehead atoms. The van der Waals surface area contributed by atoms with Gasteiger partial charge in [-0.3, -0.25) is 4.90 Å². The molecule has 0 atom stereocenters. The third kappa shape index (κ3) is 5.72.